The van der Waals surface area contributed by atoms with Crippen LogP contribution in [0.1, 0.15) is 28.1 Å². The molecule has 7 heteroatoms. The Morgan fingerprint density at radius 2 is 2.12 bits per heavy atom. The topological polar surface area (TPSA) is 54.9 Å². The Morgan fingerprint density at radius 1 is 1.33 bits per heavy atom. The van der Waals surface area contributed by atoms with Gasteiger partial charge in [0.1, 0.15) is 15.7 Å². The number of fused-ring (bicyclic) bond motifs is 1. The standard InChI is InChI=1S/C17H19N3OS3/c1-9-10(2)23-16-14(9)17(20-12(4)19-16)24-11(3)15(21)18-8-13-6-5-7-22-13/h5-7,11H,8H2,1-4H3,(H,18,21)/t11-/m0/s1. The first-order valence-corrected chi connectivity index (χ1v) is 10.2. The second-order valence-corrected chi connectivity index (χ2v) is 9.16. The van der Waals surface area contributed by atoms with Crippen molar-refractivity contribution in [2.24, 2.45) is 0 Å². The van der Waals surface area contributed by atoms with E-state index in [2.05, 4.69) is 29.1 Å². The number of thioether (sulfide) groups is 1. The van der Waals surface area contributed by atoms with E-state index in [1.54, 1.807) is 22.7 Å². The van der Waals surface area contributed by atoms with E-state index < -0.39 is 0 Å². The van der Waals surface area contributed by atoms with Crippen LogP contribution in [0.25, 0.3) is 10.2 Å². The highest BCUT2D eigenvalue weighted by Crippen LogP contribution is 2.36. The van der Waals surface area contributed by atoms with E-state index in [0.717, 1.165) is 25.9 Å². The molecule has 3 aromatic rings. The van der Waals surface area contributed by atoms with E-state index in [9.17, 15) is 4.79 Å². The molecule has 0 aliphatic heterocycles. The monoisotopic (exact) mass is 377 g/mol. The van der Waals surface area contributed by atoms with Crippen molar-refractivity contribution < 1.29 is 4.79 Å². The van der Waals surface area contributed by atoms with Crippen LogP contribution in [-0.4, -0.2) is 21.1 Å². The minimum atomic E-state index is -0.206. The quantitative estimate of drug-likeness (QED) is 0.526. The Labute approximate surface area is 153 Å². The van der Waals surface area contributed by atoms with Gasteiger partial charge in [-0.1, -0.05) is 17.8 Å². The number of thiophene rings is 2. The van der Waals surface area contributed by atoms with Gasteiger partial charge in [-0.2, -0.15) is 0 Å². The summed E-state index contributed by atoms with van der Waals surface area (Å²) in [5, 5.41) is 6.80. The number of nitrogens with one attached hydrogen (secondary N) is 1. The van der Waals surface area contributed by atoms with E-state index in [4.69, 9.17) is 0 Å². The molecule has 0 saturated carbocycles. The molecule has 126 valence electrons. The predicted octanol–water partition coefficient (Wildman–Crippen LogP) is 4.48. The van der Waals surface area contributed by atoms with E-state index in [1.165, 1.54) is 22.2 Å². The number of amides is 1. The zero-order chi connectivity index (χ0) is 17.3. The number of aryl methyl sites for hydroxylation is 3. The van der Waals surface area contributed by atoms with Gasteiger partial charge in [0.15, 0.2) is 0 Å². The predicted molar refractivity (Wildman–Crippen MR) is 103 cm³/mol. The molecule has 3 heterocycles. The summed E-state index contributed by atoms with van der Waals surface area (Å²) in [5.74, 6) is 0.778. The molecule has 0 aliphatic rings. The number of carbonyl (C=O) groups is 1. The van der Waals surface area contributed by atoms with Crippen LogP contribution in [0.15, 0.2) is 22.5 Å². The van der Waals surface area contributed by atoms with Crippen molar-refractivity contribution in [3.63, 3.8) is 0 Å². The highest BCUT2D eigenvalue weighted by Gasteiger charge is 2.20. The molecule has 3 rings (SSSR count). The molecule has 0 fully saturated rings. The fourth-order valence-electron chi connectivity index (χ4n) is 2.35. The van der Waals surface area contributed by atoms with Gasteiger partial charge in [-0.25, -0.2) is 9.97 Å². The van der Waals surface area contributed by atoms with Gasteiger partial charge >= 0.3 is 0 Å². The molecule has 0 aromatic carbocycles. The van der Waals surface area contributed by atoms with Crippen molar-refractivity contribution in [3.8, 4) is 0 Å². The number of hydrogen-bond acceptors (Lipinski definition) is 6. The second-order valence-electron chi connectivity index (χ2n) is 5.60. The van der Waals surface area contributed by atoms with E-state index in [0.29, 0.717) is 6.54 Å². The molecule has 0 saturated heterocycles. The number of hydrogen-bond donors (Lipinski definition) is 1. The van der Waals surface area contributed by atoms with Gasteiger partial charge in [0.25, 0.3) is 0 Å². The van der Waals surface area contributed by atoms with E-state index >= 15 is 0 Å². The summed E-state index contributed by atoms with van der Waals surface area (Å²) < 4.78 is 0. The van der Waals surface area contributed by atoms with E-state index in [1.807, 2.05) is 31.4 Å². The molecule has 1 amide bonds. The first-order chi connectivity index (χ1) is 11.5. The Morgan fingerprint density at radius 3 is 2.83 bits per heavy atom. The Balaban J connectivity index is 1.77. The lowest BCUT2D eigenvalue weighted by molar-refractivity contribution is -0.120. The van der Waals surface area contributed by atoms with Gasteiger partial charge < -0.3 is 5.32 Å². The molecular formula is C17H19N3OS3. The molecule has 1 atom stereocenters. The van der Waals surface area contributed by atoms with Crippen LogP contribution in [0.2, 0.25) is 0 Å². The summed E-state index contributed by atoms with van der Waals surface area (Å²) in [5.41, 5.74) is 1.21. The van der Waals surface area contributed by atoms with Crippen molar-refractivity contribution in [1.29, 1.82) is 0 Å². The van der Waals surface area contributed by atoms with Crippen molar-refractivity contribution >= 4 is 50.6 Å². The smallest absolute Gasteiger partial charge is 0.233 e. The van der Waals surface area contributed by atoms with E-state index in [-0.39, 0.29) is 11.2 Å². The van der Waals surface area contributed by atoms with Crippen LogP contribution in [0.5, 0.6) is 0 Å². The van der Waals surface area contributed by atoms with Gasteiger partial charge in [0.2, 0.25) is 5.91 Å². The summed E-state index contributed by atoms with van der Waals surface area (Å²) in [6.45, 7) is 8.60. The van der Waals surface area contributed by atoms with Crippen LogP contribution in [0.4, 0.5) is 0 Å². The largest absolute Gasteiger partial charge is 0.350 e. The molecular weight excluding hydrogens is 358 g/mol. The first-order valence-electron chi connectivity index (χ1n) is 7.66. The molecule has 1 N–H and O–H groups in total. The highest BCUT2D eigenvalue weighted by molar-refractivity contribution is 8.00. The third-order valence-electron chi connectivity index (χ3n) is 3.78. The molecule has 0 bridgehead atoms. The third-order valence-corrected chi connectivity index (χ3v) is 6.85. The number of nitrogens with zero attached hydrogens (tertiary/aromatic N) is 2. The summed E-state index contributed by atoms with van der Waals surface area (Å²) in [6, 6.07) is 4.02. The fourth-order valence-corrected chi connectivity index (χ4v) is 5.21. The minimum Gasteiger partial charge on any atom is -0.350 e. The maximum atomic E-state index is 12.4. The number of rotatable bonds is 5. The van der Waals surface area contributed by atoms with Gasteiger partial charge in [-0.15, -0.1) is 22.7 Å². The van der Waals surface area contributed by atoms with Crippen LogP contribution < -0.4 is 5.32 Å². The minimum absolute atomic E-state index is 0.0300. The van der Waals surface area contributed by atoms with Crippen LogP contribution in [-0.2, 0) is 11.3 Å². The zero-order valence-electron chi connectivity index (χ0n) is 14.0. The average Bonchev–Trinajstić information content (AvgIpc) is 3.13. The van der Waals surface area contributed by atoms with Gasteiger partial charge in [-0.3, -0.25) is 4.79 Å². The number of aromatic nitrogens is 2. The lowest BCUT2D eigenvalue weighted by atomic mass is 10.2. The lowest BCUT2D eigenvalue weighted by Gasteiger charge is -2.12. The summed E-state index contributed by atoms with van der Waals surface area (Å²) in [4.78, 5) is 24.9. The molecule has 0 unspecified atom stereocenters. The molecule has 3 aromatic heterocycles. The summed E-state index contributed by atoms with van der Waals surface area (Å²) >= 11 is 4.84. The van der Waals surface area contributed by atoms with Crippen molar-refractivity contribution in [3.05, 3.63) is 38.7 Å². The Hall–Kier alpha value is -1.44. The normalized spacial score (nSPS) is 12.5. The summed E-state index contributed by atoms with van der Waals surface area (Å²) in [6.07, 6.45) is 0. The highest BCUT2D eigenvalue weighted by atomic mass is 32.2. The van der Waals surface area contributed by atoms with Crippen LogP contribution in [0.3, 0.4) is 0 Å². The molecule has 0 spiro atoms. The van der Waals surface area contributed by atoms with Crippen LogP contribution >= 0.6 is 34.4 Å². The number of carbonyl (C=O) groups excluding carboxylic acids is 1. The maximum absolute atomic E-state index is 12.4. The maximum Gasteiger partial charge on any atom is 0.233 e. The lowest BCUT2D eigenvalue weighted by Crippen LogP contribution is -2.30. The van der Waals surface area contributed by atoms with Crippen molar-refractivity contribution in [2.45, 2.75) is 44.5 Å². The fraction of sp³-hybridized carbons (Fsp3) is 0.353. The second kappa shape index (κ2) is 7.21. The van der Waals surface area contributed by atoms with Gasteiger partial charge in [0, 0.05) is 15.1 Å². The zero-order valence-corrected chi connectivity index (χ0v) is 16.5. The van der Waals surface area contributed by atoms with Crippen molar-refractivity contribution in [1.82, 2.24) is 15.3 Å². The van der Waals surface area contributed by atoms with Crippen LogP contribution in [0, 0.1) is 20.8 Å². The Kier molecular flexibility index (Phi) is 5.22. The van der Waals surface area contributed by atoms with Gasteiger partial charge in [0.05, 0.1) is 11.8 Å². The molecule has 0 aliphatic carbocycles. The Bertz CT molecular complexity index is 871. The molecule has 0 radical (unpaired) electrons. The molecule has 24 heavy (non-hydrogen) atoms. The van der Waals surface area contributed by atoms with Gasteiger partial charge in [-0.05, 0) is 44.7 Å². The van der Waals surface area contributed by atoms with Crippen molar-refractivity contribution in [2.75, 3.05) is 0 Å². The first kappa shape index (κ1) is 17.4. The average molecular weight is 378 g/mol. The SMILES string of the molecule is Cc1nc(S[C@@H](C)C(=O)NCc2cccs2)c2c(C)c(C)sc2n1. The molecule has 4 nitrogen and oxygen atoms in total. The third kappa shape index (κ3) is 3.63. The summed E-state index contributed by atoms with van der Waals surface area (Å²) in [7, 11) is 0.